The molecule has 1 atom stereocenters. The number of benzene rings is 2. The van der Waals surface area contributed by atoms with Crippen molar-refractivity contribution in [3.8, 4) is 5.75 Å². The van der Waals surface area contributed by atoms with Gasteiger partial charge in [-0.15, -0.1) is 11.8 Å². The van der Waals surface area contributed by atoms with Gasteiger partial charge in [-0.2, -0.15) is 0 Å². The van der Waals surface area contributed by atoms with Crippen molar-refractivity contribution in [1.82, 2.24) is 10.2 Å². The lowest BCUT2D eigenvalue weighted by atomic mass is 10.1. The average Bonchev–Trinajstić information content (AvgIpc) is 3.33. The lowest BCUT2D eigenvalue weighted by Crippen LogP contribution is -2.51. The Labute approximate surface area is 200 Å². The fourth-order valence-electron chi connectivity index (χ4n) is 4.13. The first-order valence-electron chi connectivity index (χ1n) is 11.5. The number of methoxy groups -OCH3 is 1. The molecule has 2 amide bonds. The van der Waals surface area contributed by atoms with Crippen LogP contribution in [0.25, 0.3) is 0 Å². The number of hydrogen-bond donors (Lipinski definition) is 1. The van der Waals surface area contributed by atoms with Crippen LogP contribution < -0.4 is 10.1 Å². The van der Waals surface area contributed by atoms with E-state index in [1.54, 1.807) is 24.1 Å². The van der Waals surface area contributed by atoms with Gasteiger partial charge in [0.15, 0.2) is 0 Å². The van der Waals surface area contributed by atoms with E-state index in [2.05, 4.69) is 5.32 Å². The van der Waals surface area contributed by atoms with Crippen molar-refractivity contribution in [3.63, 3.8) is 0 Å². The average molecular weight is 473 g/mol. The van der Waals surface area contributed by atoms with Gasteiger partial charge in [-0.1, -0.05) is 44.0 Å². The quantitative estimate of drug-likeness (QED) is 0.504. The van der Waals surface area contributed by atoms with Gasteiger partial charge in [-0.05, 0) is 54.7 Å². The van der Waals surface area contributed by atoms with Gasteiger partial charge in [-0.3, -0.25) is 9.59 Å². The number of ether oxygens (including phenoxy) is 1. The minimum atomic E-state index is -0.551. The molecule has 33 heavy (non-hydrogen) atoms. The first kappa shape index (κ1) is 25.1. The number of amides is 2. The molecule has 2 aromatic rings. The molecule has 1 aliphatic rings. The molecule has 1 N–H and O–H groups in total. The van der Waals surface area contributed by atoms with Crippen molar-refractivity contribution in [3.05, 3.63) is 65.5 Å². The monoisotopic (exact) mass is 472 g/mol. The zero-order valence-electron chi connectivity index (χ0n) is 19.4. The Kier molecular flexibility index (Phi) is 9.61. The maximum absolute atomic E-state index is 13.4. The summed E-state index contributed by atoms with van der Waals surface area (Å²) < 4.78 is 18.6. The molecule has 0 heterocycles. The number of carbonyl (C=O) groups excluding carboxylic acids is 2. The summed E-state index contributed by atoms with van der Waals surface area (Å²) in [6, 6.07) is 13.5. The molecule has 0 bridgehead atoms. The number of hydrogen-bond acceptors (Lipinski definition) is 4. The zero-order valence-corrected chi connectivity index (χ0v) is 20.2. The van der Waals surface area contributed by atoms with Gasteiger partial charge in [0.05, 0.1) is 12.9 Å². The second kappa shape index (κ2) is 12.6. The Balaban J connectivity index is 1.67. The van der Waals surface area contributed by atoms with Crippen LogP contribution >= 0.6 is 11.8 Å². The molecule has 0 radical (unpaired) electrons. The fourth-order valence-corrected chi connectivity index (χ4v) is 5.01. The zero-order chi connectivity index (χ0) is 23.6. The predicted octanol–water partition coefficient (Wildman–Crippen LogP) is 4.93. The maximum Gasteiger partial charge on any atom is 0.243 e. The van der Waals surface area contributed by atoms with Crippen LogP contribution in [0.2, 0.25) is 0 Å². The largest absolute Gasteiger partial charge is 0.497 e. The van der Waals surface area contributed by atoms with E-state index in [1.165, 1.54) is 23.9 Å². The standard InChI is InChI=1S/C26H33FN2O3S/c1-3-24(26(31)28-22-6-4-5-7-22)29(16-19-8-12-21(27)13-9-19)25(30)18-33-17-20-10-14-23(32-2)15-11-20/h8-15,22,24H,3-7,16-18H2,1-2H3,(H,28,31). The molecule has 3 rings (SSSR count). The molecule has 0 aromatic heterocycles. The molecule has 1 aliphatic carbocycles. The van der Waals surface area contributed by atoms with Gasteiger partial charge in [-0.25, -0.2) is 4.39 Å². The summed E-state index contributed by atoms with van der Waals surface area (Å²) in [7, 11) is 1.63. The van der Waals surface area contributed by atoms with E-state index in [9.17, 15) is 14.0 Å². The van der Waals surface area contributed by atoms with Gasteiger partial charge in [0.25, 0.3) is 0 Å². The molecule has 2 aromatic carbocycles. The molecule has 1 unspecified atom stereocenters. The number of carbonyl (C=O) groups is 2. The smallest absolute Gasteiger partial charge is 0.243 e. The summed E-state index contributed by atoms with van der Waals surface area (Å²) in [4.78, 5) is 28.0. The fraction of sp³-hybridized carbons (Fsp3) is 0.462. The van der Waals surface area contributed by atoms with Crippen LogP contribution in [0.4, 0.5) is 4.39 Å². The van der Waals surface area contributed by atoms with Gasteiger partial charge < -0.3 is 15.0 Å². The lowest BCUT2D eigenvalue weighted by molar-refractivity contribution is -0.139. The van der Waals surface area contributed by atoms with Crippen LogP contribution in [-0.2, 0) is 21.9 Å². The Bertz CT molecular complexity index is 899. The molecule has 0 saturated heterocycles. The van der Waals surface area contributed by atoms with Gasteiger partial charge in [0, 0.05) is 18.3 Å². The van der Waals surface area contributed by atoms with E-state index in [0.29, 0.717) is 12.2 Å². The Morgan fingerprint density at radius 2 is 1.73 bits per heavy atom. The molecular formula is C26H33FN2O3S. The number of rotatable bonds is 11. The first-order valence-corrected chi connectivity index (χ1v) is 12.7. The molecule has 1 saturated carbocycles. The van der Waals surface area contributed by atoms with Gasteiger partial charge in [0.1, 0.15) is 17.6 Å². The number of nitrogens with zero attached hydrogens (tertiary/aromatic N) is 1. The Morgan fingerprint density at radius 3 is 2.33 bits per heavy atom. The molecule has 0 spiro atoms. The third-order valence-corrected chi connectivity index (χ3v) is 7.00. The lowest BCUT2D eigenvalue weighted by Gasteiger charge is -2.31. The van der Waals surface area contributed by atoms with Crippen molar-refractivity contribution in [2.75, 3.05) is 12.9 Å². The van der Waals surface area contributed by atoms with Crippen LogP contribution in [0.5, 0.6) is 5.75 Å². The summed E-state index contributed by atoms with van der Waals surface area (Å²) in [5.41, 5.74) is 1.90. The minimum absolute atomic E-state index is 0.0914. The highest BCUT2D eigenvalue weighted by molar-refractivity contribution is 7.99. The molecule has 7 heteroatoms. The molecular weight excluding hydrogens is 439 g/mol. The van der Waals surface area contributed by atoms with E-state index in [-0.39, 0.29) is 36.0 Å². The normalized spacial score (nSPS) is 14.6. The van der Waals surface area contributed by atoms with E-state index in [1.807, 2.05) is 31.2 Å². The van der Waals surface area contributed by atoms with Crippen molar-refractivity contribution >= 4 is 23.6 Å². The second-order valence-corrected chi connectivity index (χ2v) is 9.39. The highest BCUT2D eigenvalue weighted by atomic mass is 32.2. The summed E-state index contributed by atoms with van der Waals surface area (Å²) in [5, 5.41) is 3.14. The number of halogens is 1. The van der Waals surface area contributed by atoms with Crippen LogP contribution in [0.3, 0.4) is 0 Å². The molecule has 5 nitrogen and oxygen atoms in total. The van der Waals surface area contributed by atoms with Gasteiger partial charge >= 0.3 is 0 Å². The van der Waals surface area contributed by atoms with Crippen molar-refractivity contribution in [1.29, 1.82) is 0 Å². The number of nitrogens with one attached hydrogen (secondary N) is 1. The summed E-state index contributed by atoms with van der Waals surface area (Å²) in [6.07, 6.45) is 4.76. The van der Waals surface area contributed by atoms with Crippen molar-refractivity contribution in [2.24, 2.45) is 0 Å². The third-order valence-electron chi connectivity index (χ3n) is 6.01. The molecule has 178 valence electrons. The van der Waals surface area contributed by atoms with Crippen LogP contribution in [0.15, 0.2) is 48.5 Å². The van der Waals surface area contributed by atoms with E-state index >= 15 is 0 Å². The maximum atomic E-state index is 13.4. The summed E-state index contributed by atoms with van der Waals surface area (Å²) in [6.45, 7) is 2.20. The molecule has 0 aliphatic heterocycles. The predicted molar refractivity (Wildman–Crippen MR) is 131 cm³/mol. The van der Waals surface area contributed by atoms with Crippen LogP contribution in [0.1, 0.15) is 50.2 Å². The first-order chi connectivity index (χ1) is 16.0. The van der Waals surface area contributed by atoms with Crippen molar-refractivity contribution < 1.29 is 18.7 Å². The topological polar surface area (TPSA) is 58.6 Å². The highest BCUT2D eigenvalue weighted by Gasteiger charge is 2.30. The van der Waals surface area contributed by atoms with E-state index in [4.69, 9.17) is 4.74 Å². The van der Waals surface area contributed by atoms with E-state index in [0.717, 1.165) is 42.6 Å². The second-order valence-electron chi connectivity index (χ2n) is 8.40. The van der Waals surface area contributed by atoms with Crippen LogP contribution in [0, 0.1) is 5.82 Å². The molecule has 1 fully saturated rings. The van der Waals surface area contributed by atoms with Crippen molar-refractivity contribution in [2.45, 2.75) is 63.4 Å². The number of thioether (sulfide) groups is 1. The van der Waals surface area contributed by atoms with E-state index < -0.39 is 6.04 Å². The highest BCUT2D eigenvalue weighted by Crippen LogP contribution is 2.21. The van der Waals surface area contributed by atoms with Gasteiger partial charge in [0.2, 0.25) is 11.8 Å². The Morgan fingerprint density at radius 1 is 1.09 bits per heavy atom. The third kappa shape index (κ3) is 7.49. The SMILES string of the molecule is CCC(C(=O)NC1CCCC1)N(Cc1ccc(F)cc1)C(=O)CSCc1ccc(OC)cc1. The van der Waals surface area contributed by atoms with Crippen LogP contribution in [-0.4, -0.2) is 41.7 Å². The summed E-state index contributed by atoms with van der Waals surface area (Å²) in [5.74, 6) is 1.24. The minimum Gasteiger partial charge on any atom is -0.497 e. The summed E-state index contributed by atoms with van der Waals surface area (Å²) >= 11 is 1.52. The Hall–Kier alpha value is -2.54.